The van der Waals surface area contributed by atoms with Crippen LogP contribution < -0.4 is 0 Å². The summed E-state index contributed by atoms with van der Waals surface area (Å²) in [6, 6.07) is 29.2. The third-order valence-electron chi connectivity index (χ3n) is 8.20. The van der Waals surface area contributed by atoms with Gasteiger partial charge in [0.1, 0.15) is 6.61 Å². The van der Waals surface area contributed by atoms with E-state index in [2.05, 4.69) is 6.58 Å². The first-order chi connectivity index (χ1) is 21.5. The van der Waals surface area contributed by atoms with Crippen LogP contribution in [0.1, 0.15) is 42.4 Å². The lowest BCUT2D eigenvalue weighted by Gasteiger charge is -2.44. The minimum atomic E-state index is -0.981. The van der Waals surface area contributed by atoms with Crippen LogP contribution in [0, 0.1) is 0 Å². The lowest BCUT2D eigenvalue weighted by molar-refractivity contribution is -0.193. The maximum atomic E-state index is 13.4. The Morgan fingerprint density at radius 1 is 0.909 bits per heavy atom. The van der Waals surface area contributed by atoms with E-state index in [0.29, 0.717) is 65.1 Å². The molecule has 2 amide bonds. The lowest BCUT2D eigenvalue weighted by atomic mass is 9.90. The van der Waals surface area contributed by atoms with Gasteiger partial charge in [0.2, 0.25) is 5.91 Å². The quantitative estimate of drug-likeness (QED) is 0.209. The number of nitrogens with zero attached hydrogens (tertiary/aromatic N) is 2. The van der Waals surface area contributed by atoms with Crippen molar-refractivity contribution in [2.75, 3.05) is 26.3 Å². The number of ether oxygens (including phenoxy) is 4. The molecule has 2 aliphatic heterocycles. The summed E-state index contributed by atoms with van der Waals surface area (Å²) < 4.78 is 24.8. The van der Waals surface area contributed by atoms with Crippen LogP contribution in [0.3, 0.4) is 0 Å². The van der Waals surface area contributed by atoms with E-state index in [0.717, 1.165) is 16.7 Å². The minimum absolute atomic E-state index is 0.0674. The van der Waals surface area contributed by atoms with Gasteiger partial charge in [0.15, 0.2) is 5.79 Å². The zero-order chi connectivity index (χ0) is 30.6. The Balaban J connectivity index is 1.31. The van der Waals surface area contributed by atoms with Crippen molar-refractivity contribution in [3.63, 3.8) is 0 Å². The highest BCUT2D eigenvalue weighted by molar-refractivity contribution is 5.77. The monoisotopic (exact) mass is 598 g/mol. The van der Waals surface area contributed by atoms with Crippen molar-refractivity contribution in [1.82, 2.24) is 9.80 Å². The maximum Gasteiger partial charge on any atom is 0.410 e. The summed E-state index contributed by atoms with van der Waals surface area (Å²) >= 11 is 0. The molecule has 5 rings (SSSR count). The fraction of sp³-hybridized carbons (Fsp3) is 0.389. The summed E-state index contributed by atoms with van der Waals surface area (Å²) in [4.78, 5) is 30.1. The lowest BCUT2D eigenvalue weighted by Crippen LogP contribution is -2.55. The smallest absolute Gasteiger partial charge is 0.410 e. The van der Waals surface area contributed by atoms with Crippen molar-refractivity contribution >= 4 is 12.0 Å². The topological polar surface area (TPSA) is 77.5 Å². The number of benzene rings is 3. The first-order valence-corrected chi connectivity index (χ1v) is 15.4. The third-order valence-corrected chi connectivity index (χ3v) is 8.20. The van der Waals surface area contributed by atoms with E-state index in [9.17, 15) is 9.59 Å². The highest BCUT2D eigenvalue weighted by atomic mass is 16.7. The molecule has 3 aromatic carbocycles. The third kappa shape index (κ3) is 8.56. The average Bonchev–Trinajstić information content (AvgIpc) is 3.53. The van der Waals surface area contributed by atoms with E-state index < -0.39 is 11.9 Å². The maximum absolute atomic E-state index is 13.4. The minimum Gasteiger partial charge on any atom is -0.445 e. The predicted molar refractivity (Wildman–Crippen MR) is 167 cm³/mol. The second-order valence-electron chi connectivity index (χ2n) is 11.3. The van der Waals surface area contributed by atoms with E-state index in [4.69, 9.17) is 18.9 Å². The fourth-order valence-corrected chi connectivity index (χ4v) is 5.91. The molecule has 3 aromatic rings. The van der Waals surface area contributed by atoms with Crippen molar-refractivity contribution in [2.45, 2.75) is 63.4 Å². The molecule has 2 saturated heterocycles. The van der Waals surface area contributed by atoms with E-state index in [1.165, 1.54) is 0 Å². The highest BCUT2D eigenvalue weighted by Crippen LogP contribution is 2.35. The number of hydrogen-bond acceptors (Lipinski definition) is 6. The zero-order valence-corrected chi connectivity index (χ0v) is 25.2. The summed E-state index contributed by atoms with van der Waals surface area (Å²) in [5, 5.41) is 0. The van der Waals surface area contributed by atoms with Gasteiger partial charge in [0, 0.05) is 38.9 Å². The number of piperidine rings is 1. The summed E-state index contributed by atoms with van der Waals surface area (Å²) in [7, 11) is 0. The SMILES string of the molecule is C=CCN1C(=O)CC[C@@H](OCc2ccccc2)[C@@H]1CC1(CCN(Cc2ccccc2)C(=O)OCc2ccccc2)OCCO1. The first kappa shape index (κ1) is 31.4. The summed E-state index contributed by atoms with van der Waals surface area (Å²) in [5.74, 6) is -0.914. The highest BCUT2D eigenvalue weighted by Gasteiger charge is 2.46. The standard InChI is InChI=1S/C36H42N2O6/c1-2-21-38-32(33(18-19-34(38)39)41-27-30-14-8-4-9-15-30)25-36(43-23-24-44-36)20-22-37(26-29-12-6-3-7-13-29)35(40)42-28-31-16-10-5-11-17-31/h2-17,32-33H,1,18-28H2/t32-,33+/m0/s1. The van der Waals surface area contributed by atoms with Gasteiger partial charge in [-0.2, -0.15) is 0 Å². The molecule has 232 valence electrons. The summed E-state index contributed by atoms with van der Waals surface area (Å²) in [5.41, 5.74) is 2.99. The van der Waals surface area contributed by atoms with E-state index in [-0.39, 0.29) is 24.7 Å². The van der Waals surface area contributed by atoms with Crippen LogP contribution in [-0.4, -0.2) is 66.0 Å². The van der Waals surface area contributed by atoms with Gasteiger partial charge in [0.05, 0.1) is 32.0 Å². The molecular weight excluding hydrogens is 556 g/mol. The molecule has 2 aliphatic rings. The molecule has 0 aliphatic carbocycles. The number of hydrogen-bond donors (Lipinski definition) is 0. The molecule has 0 bridgehead atoms. The number of amides is 2. The molecule has 0 aromatic heterocycles. The van der Waals surface area contributed by atoms with Crippen LogP contribution in [0.2, 0.25) is 0 Å². The Kier molecular flexibility index (Phi) is 11.2. The van der Waals surface area contributed by atoms with Crippen molar-refractivity contribution in [3.8, 4) is 0 Å². The number of carbonyl (C=O) groups excluding carboxylic acids is 2. The van der Waals surface area contributed by atoms with Crippen molar-refractivity contribution < 1.29 is 28.5 Å². The van der Waals surface area contributed by atoms with Gasteiger partial charge >= 0.3 is 6.09 Å². The fourth-order valence-electron chi connectivity index (χ4n) is 5.91. The van der Waals surface area contributed by atoms with Gasteiger partial charge in [-0.15, -0.1) is 6.58 Å². The van der Waals surface area contributed by atoms with Crippen molar-refractivity contribution in [1.29, 1.82) is 0 Å². The molecule has 8 heteroatoms. The largest absolute Gasteiger partial charge is 0.445 e. The summed E-state index contributed by atoms with van der Waals surface area (Å²) in [6.07, 6.45) is 3.01. The zero-order valence-electron chi connectivity index (χ0n) is 25.2. The predicted octanol–water partition coefficient (Wildman–Crippen LogP) is 6.11. The van der Waals surface area contributed by atoms with Crippen LogP contribution >= 0.6 is 0 Å². The summed E-state index contributed by atoms with van der Waals surface area (Å²) in [6.45, 7) is 6.55. The molecule has 2 fully saturated rings. The van der Waals surface area contributed by atoms with Crippen molar-refractivity contribution in [3.05, 3.63) is 120 Å². The Morgan fingerprint density at radius 3 is 2.11 bits per heavy atom. The van der Waals surface area contributed by atoms with Gasteiger partial charge in [-0.25, -0.2) is 4.79 Å². The van der Waals surface area contributed by atoms with Gasteiger partial charge in [-0.1, -0.05) is 97.1 Å². The van der Waals surface area contributed by atoms with Crippen LogP contribution in [0.5, 0.6) is 0 Å². The average molecular weight is 599 g/mol. The molecular formula is C36H42N2O6. The number of likely N-dealkylation sites (tertiary alicyclic amines) is 1. The van der Waals surface area contributed by atoms with Crippen LogP contribution in [-0.2, 0) is 43.5 Å². The molecule has 8 nitrogen and oxygen atoms in total. The Bertz CT molecular complexity index is 1330. The Hall–Kier alpha value is -3.98. The van der Waals surface area contributed by atoms with E-state index >= 15 is 0 Å². The van der Waals surface area contributed by atoms with Crippen LogP contribution in [0.4, 0.5) is 4.79 Å². The van der Waals surface area contributed by atoms with Gasteiger partial charge in [-0.3, -0.25) is 4.79 Å². The molecule has 0 saturated carbocycles. The number of carbonyl (C=O) groups is 2. The molecule has 0 radical (unpaired) electrons. The normalized spacial score (nSPS) is 19.5. The van der Waals surface area contributed by atoms with E-state index in [1.54, 1.807) is 11.0 Å². The Labute approximate surface area is 260 Å². The van der Waals surface area contributed by atoms with Gasteiger partial charge < -0.3 is 28.7 Å². The molecule has 0 unspecified atom stereocenters. The molecule has 2 heterocycles. The van der Waals surface area contributed by atoms with Crippen molar-refractivity contribution in [2.24, 2.45) is 0 Å². The second kappa shape index (κ2) is 15.7. The molecule has 44 heavy (non-hydrogen) atoms. The van der Waals surface area contributed by atoms with Crippen LogP contribution in [0.25, 0.3) is 0 Å². The first-order valence-electron chi connectivity index (χ1n) is 15.4. The molecule has 0 N–H and O–H groups in total. The number of rotatable bonds is 14. The van der Waals surface area contributed by atoms with E-state index in [1.807, 2.05) is 95.9 Å². The van der Waals surface area contributed by atoms with Gasteiger partial charge in [-0.05, 0) is 23.1 Å². The second-order valence-corrected chi connectivity index (χ2v) is 11.3. The molecule has 0 spiro atoms. The van der Waals surface area contributed by atoms with Crippen LogP contribution in [0.15, 0.2) is 104 Å². The molecule has 2 atom stereocenters. The Morgan fingerprint density at radius 2 is 1.50 bits per heavy atom. The van der Waals surface area contributed by atoms with Gasteiger partial charge in [0.25, 0.3) is 0 Å².